The van der Waals surface area contributed by atoms with E-state index in [9.17, 15) is 8.42 Å². The lowest BCUT2D eigenvalue weighted by Gasteiger charge is -2.26. The molecule has 0 aliphatic carbocycles. The third kappa shape index (κ3) is 2.42. The van der Waals surface area contributed by atoms with Gasteiger partial charge in [0.25, 0.3) is 0 Å². The Balaban J connectivity index is 2.05. The molecule has 106 valence electrons. The summed E-state index contributed by atoms with van der Waals surface area (Å²) in [7, 11) is -3.42. The number of hydrogen-bond acceptors (Lipinski definition) is 3. The van der Waals surface area contributed by atoms with Crippen LogP contribution in [0.25, 0.3) is 10.8 Å². The molecule has 1 saturated heterocycles. The van der Waals surface area contributed by atoms with Gasteiger partial charge in [-0.05, 0) is 23.6 Å². The van der Waals surface area contributed by atoms with Crippen LogP contribution in [0.15, 0.2) is 41.3 Å². The summed E-state index contributed by atoms with van der Waals surface area (Å²) in [5.41, 5.74) is 0. The van der Waals surface area contributed by atoms with E-state index in [0.29, 0.717) is 36.1 Å². The molecule has 0 saturated carbocycles. The average Bonchev–Trinajstić information content (AvgIpc) is 2.48. The minimum atomic E-state index is -3.42. The first-order valence-corrected chi connectivity index (χ1v) is 8.30. The van der Waals surface area contributed by atoms with Gasteiger partial charge in [0.05, 0.1) is 4.90 Å². The number of nitrogens with zero attached hydrogens (tertiary/aromatic N) is 1. The van der Waals surface area contributed by atoms with Gasteiger partial charge in [-0.25, -0.2) is 8.42 Å². The minimum Gasteiger partial charge on any atom is -0.314 e. The second-order valence-corrected chi connectivity index (χ2v) is 7.12. The normalized spacial score (nSPS) is 17.4. The van der Waals surface area contributed by atoms with Crippen LogP contribution in [0.1, 0.15) is 0 Å². The molecular weight excluding hydrogens is 296 g/mol. The lowest BCUT2D eigenvalue weighted by atomic mass is 10.1. The molecule has 1 fully saturated rings. The molecule has 6 heteroatoms. The predicted molar refractivity (Wildman–Crippen MR) is 80.6 cm³/mol. The molecule has 0 unspecified atom stereocenters. The van der Waals surface area contributed by atoms with E-state index in [4.69, 9.17) is 11.6 Å². The van der Waals surface area contributed by atoms with E-state index in [1.54, 1.807) is 24.3 Å². The van der Waals surface area contributed by atoms with Gasteiger partial charge in [-0.15, -0.1) is 0 Å². The highest BCUT2D eigenvalue weighted by atomic mass is 35.5. The SMILES string of the molecule is O=S(=O)(c1ccc2c(Cl)cccc2c1)N1CCNCC1. The van der Waals surface area contributed by atoms with Crippen LogP contribution in [0, 0.1) is 0 Å². The van der Waals surface area contributed by atoms with Crippen LogP contribution in [0.5, 0.6) is 0 Å². The third-order valence-corrected chi connectivity index (χ3v) is 5.74. The Morgan fingerprint density at radius 3 is 2.60 bits per heavy atom. The fraction of sp³-hybridized carbons (Fsp3) is 0.286. The first-order chi connectivity index (χ1) is 9.59. The zero-order valence-corrected chi connectivity index (χ0v) is 12.4. The molecule has 0 bridgehead atoms. The van der Waals surface area contributed by atoms with Crippen LogP contribution in [0.2, 0.25) is 5.02 Å². The van der Waals surface area contributed by atoms with E-state index >= 15 is 0 Å². The van der Waals surface area contributed by atoms with Crippen LogP contribution in [-0.4, -0.2) is 38.9 Å². The number of piperazine rings is 1. The Morgan fingerprint density at radius 1 is 1.10 bits per heavy atom. The molecule has 20 heavy (non-hydrogen) atoms. The van der Waals surface area contributed by atoms with E-state index < -0.39 is 10.0 Å². The van der Waals surface area contributed by atoms with Crippen molar-refractivity contribution in [3.05, 3.63) is 41.4 Å². The topological polar surface area (TPSA) is 49.4 Å². The van der Waals surface area contributed by atoms with E-state index in [1.807, 2.05) is 12.1 Å². The predicted octanol–water partition coefficient (Wildman–Crippen LogP) is 2.09. The van der Waals surface area contributed by atoms with E-state index in [-0.39, 0.29) is 0 Å². The maximum absolute atomic E-state index is 12.6. The number of halogens is 1. The average molecular weight is 311 g/mol. The summed E-state index contributed by atoms with van der Waals surface area (Å²) in [5.74, 6) is 0. The van der Waals surface area contributed by atoms with Gasteiger partial charge in [-0.1, -0.05) is 29.8 Å². The summed E-state index contributed by atoms with van der Waals surface area (Å²) in [4.78, 5) is 0.328. The van der Waals surface area contributed by atoms with Gasteiger partial charge in [0.15, 0.2) is 0 Å². The minimum absolute atomic E-state index is 0.328. The number of rotatable bonds is 2. The molecule has 3 rings (SSSR count). The first-order valence-electron chi connectivity index (χ1n) is 6.48. The molecule has 0 atom stereocenters. The zero-order chi connectivity index (χ0) is 14.2. The first kappa shape index (κ1) is 13.8. The number of nitrogens with one attached hydrogen (secondary N) is 1. The van der Waals surface area contributed by atoms with Crippen LogP contribution >= 0.6 is 11.6 Å². The van der Waals surface area contributed by atoms with Crippen LogP contribution in [0.4, 0.5) is 0 Å². The second kappa shape index (κ2) is 5.33. The van der Waals surface area contributed by atoms with E-state index in [1.165, 1.54) is 4.31 Å². The standard InChI is InChI=1S/C14H15ClN2O2S/c15-14-3-1-2-11-10-12(4-5-13(11)14)20(18,19)17-8-6-16-7-9-17/h1-5,10,16H,6-9H2. The lowest BCUT2D eigenvalue weighted by molar-refractivity contribution is 0.360. The highest BCUT2D eigenvalue weighted by Crippen LogP contribution is 2.27. The highest BCUT2D eigenvalue weighted by molar-refractivity contribution is 7.89. The maximum atomic E-state index is 12.6. The maximum Gasteiger partial charge on any atom is 0.243 e. The second-order valence-electron chi connectivity index (χ2n) is 4.78. The Hall–Kier alpha value is -1.14. The molecule has 2 aromatic rings. The summed E-state index contributed by atoms with van der Waals surface area (Å²) in [6.07, 6.45) is 0. The molecule has 0 radical (unpaired) electrons. The lowest BCUT2D eigenvalue weighted by Crippen LogP contribution is -2.46. The van der Waals surface area contributed by atoms with Crippen LogP contribution < -0.4 is 5.32 Å². The van der Waals surface area contributed by atoms with Crippen molar-refractivity contribution in [3.8, 4) is 0 Å². The molecule has 1 heterocycles. The fourth-order valence-electron chi connectivity index (χ4n) is 2.42. The van der Waals surface area contributed by atoms with Crippen molar-refractivity contribution in [2.75, 3.05) is 26.2 Å². The summed E-state index contributed by atoms with van der Waals surface area (Å²) >= 11 is 6.10. The Kier molecular flexibility index (Phi) is 3.69. The van der Waals surface area contributed by atoms with Crippen molar-refractivity contribution in [3.63, 3.8) is 0 Å². The van der Waals surface area contributed by atoms with Gasteiger partial charge in [-0.2, -0.15) is 4.31 Å². The van der Waals surface area contributed by atoms with Crippen molar-refractivity contribution in [2.24, 2.45) is 0 Å². The molecule has 1 aliphatic heterocycles. The molecule has 1 N–H and O–H groups in total. The summed E-state index contributed by atoms with van der Waals surface area (Å²) in [6.45, 7) is 2.41. The quantitative estimate of drug-likeness (QED) is 0.924. The smallest absolute Gasteiger partial charge is 0.243 e. The molecular formula is C14H15ClN2O2S. The molecule has 1 aliphatic rings. The molecule has 0 spiro atoms. The van der Waals surface area contributed by atoms with Crippen molar-refractivity contribution >= 4 is 32.4 Å². The number of sulfonamides is 1. The van der Waals surface area contributed by atoms with Gasteiger partial charge in [0.2, 0.25) is 10.0 Å². The summed E-state index contributed by atoms with van der Waals surface area (Å²) in [5, 5.41) is 5.50. The largest absolute Gasteiger partial charge is 0.314 e. The van der Waals surface area contributed by atoms with Crippen molar-refractivity contribution in [1.29, 1.82) is 0 Å². The van der Waals surface area contributed by atoms with Gasteiger partial charge in [0, 0.05) is 36.6 Å². The number of hydrogen-bond donors (Lipinski definition) is 1. The fourth-order valence-corrected chi connectivity index (χ4v) is 4.14. The highest BCUT2D eigenvalue weighted by Gasteiger charge is 2.25. The number of benzene rings is 2. The third-order valence-electron chi connectivity index (χ3n) is 3.51. The monoisotopic (exact) mass is 310 g/mol. The Labute approximate surface area is 123 Å². The Morgan fingerprint density at radius 2 is 1.85 bits per heavy atom. The number of fused-ring (bicyclic) bond motifs is 1. The summed E-state index contributed by atoms with van der Waals surface area (Å²) in [6, 6.07) is 10.6. The Bertz CT molecular complexity index is 740. The summed E-state index contributed by atoms with van der Waals surface area (Å²) < 4.78 is 26.7. The van der Waals surface area contributed by atoms with E-state index in [0.717, 1.165) is 10.8 Å². The zero-order valence-electron chi connectivity index (χ0n) is 10.8. The van der Waals surface area contributed by atoms with Crippen molar-refractivity contribution < 1.29 is 8.42 Å². The van der Waals surface area contributed by atoms with Gasteiger partial charge in [-0.3, -0.25) is 0 Å². The van der Waals surface area contributed by atoms with Gasteiger partial charge < -0.3 is 5.32 Å². The molecule has 0 aromatic heterocycles. The van der Waals surface area contributed by atoms with Crippen molar-refractivity contribution in [2.45, 2.75) is 4.90 Å². The van der Waals surface area contributed by atoms with Crippen LogP contribution in [0.3, 0.4) is 0 Å². The van der Waals surface area contributed by atoms with Gasteiger partial charge >= 0.3 is 0 Å². The van der Waals surface area contributed by atoms with E-state index in [2.05, 4.69) is 5.32 Å². The van der Waals surface area contributed by atoms with Crippen molar-refractivity contribution in [1.82, 2.24) is 9.62 Å². The molecule has 0 amide bonds. The van der Waals surface area contributed by atoms with Crippen LogP contribution in [-0.2, 0) is 10.0 Å². The van der Waals surface area contributed by atoms with Gasteiger partial charge in [0.1, 0.15) is 0 Å². The molecule has 2 aromatic carbocycles. The molecule has 4 nitrogen and oxygen atoms in total.